The Morgan fingerprint density at radius 2 is 1.57 bits per heavy atom. The van der Waals surface area contributed by atoms with Crippen molar-refractivity contribution in [2.24, 2.45) is 0 Å². The van der Waals surface area contributed by atoms with E-state index in [0.717, 1.165) is 36.1 Å². The average molecular weight is 279 g/mol. The predicted octanol–water partition coefficient (Wildman–Crippen LogP) is 3.52. The van der Waals surface area contributed by atoms with E-state index in [-0.39, 0.29) is 23.6 Å². The molecule has 3 heteroatoms. The highest BCUT2D eigenvalue weighted by molar-refractivity contribution is 5.62. The van der Waals surface area contributed by atoms with E-state index in [0.29, 0.717) is 0 Å². The second-order valence-electron chi connectivity index (χ2n) is 6.45. The third-order valence-corrected chi connectivity index (χ3v) is 5.36. The monoisotopic (exact) mass is 279 g/mol. The lowest BCUT2D eigenvalue weighted by atomic mass is 10.0. The van der Waals surface area contributed by atoms with Gasteiger partial charge < -0.3 is 10.2 Å². The summed E-state index contributed by atoms with van der Waals surface area (Å²) >= 11 is 0. The van der Waals surface area contributed by atoms with Gasteiger partial charge >= 0.3 is 0 Å². The molecular formula is C18H17NO2. The first-order valence-electron chi connectivity index (χ1n) is 7.71. The van der Waals surface area contributed by atoms with Gasteiger partial charge in [0.25, 0.3) is 0 Å². The van der Waals surface area contributed by atoms with Gasteiger partial charge in [-0.05, 0) is 48.9 Å². The van der Waals surface area contributed by atoms with Gasteiger partial charge in [-0.1, -0.05) is 18.2 Å². The van der Waals surface area contributed by atoms with E-state index in [1.54, 1.807) is 4.57 Å². The smallest absolute Gasteiger partial charge is 0.202 e. The van der Waals surface area contributed by atoms with Gasteiger partial charge in [0.05, 0.1) is 5.69 Å². The van der Waals surface area contributed by atoms with Crippen molar-refractivity contribution in [1.82, 2.24) is 4.57 Å². The number of benzene rings is 1. The highest BCUT2D eigenvalue weighted by Gasteiger charge is 2.41. The predicted molar refractivity (Wildman–Crippen MR) is 80.4 cm³/mol. The summed E-state index contributed by atoms with van der Waals surface area (Å²) in [6, 6.07) is 6.26. The maximum atomic E-state index is 10.6. The minimum atomic E-state index is 0.220. The highest BCUT2D eigenvalue weighted by Crippen LogP contribution is 2.57. The molecule has 0 saturated heterocycles. The Morgan fingerprint density at radius 3 is 2.29 bits per heavy atom. The third kappa shape index (κ3) is 1.34. The summed E-state index contributed by atoms with van der Waals surface area (Å²) in [6.07, 6.45) is 8.74. The molecule has 2 bridgehead atoms. The van der Waals surface area contributed by atoms with Gasteiger partial charge in [-0.2, -0.15) is 0 Å². The Labute approximate surface area is 123 Å². The van der Waals surface area contributed by atoms with E-state index < -0.39 is 0 Å². The normalized spacial score (nSPS) is 24.6. The van der Waals surface area contributed by atoms with Gasteiger partial charge in [-0.15, -0.1) is 0 Å². The third-order valence-electron chi connectivity index (χ3n) is 5.36. The minimum Gasteiger partial charge on any atom is -0.494 e. The van der Waals surface area contributed by atoms with Gasteiger partial charge in [0.2, 0.25) is 11.8 Å². The topological polar surface area (TPSA) is 45.4 Å². The Morgan fingerprint density at radius 1 is 0.905 bits per heavy atom. The molecule has 3 aliphatic rings. The Balaban J connectivity index is 1.72. The van der Waals surface area contributed by atoms with Crippen LogP contribution in [0.1, 0.15) is 46.9 Å². The maximum Gasteiger partial charge on any atom is 0.202 e. The molecule has 21 heavy (non-hydrogen) atoms. The Hall–Kier alpha value is -2.16. The number of rotatable bonds is 1. The Kier molecular flexibility index (Phi) is 2.04. The van der Waals surface area contributed by atoms with Gasteiger partial charge in [0.1, 0.15) is 0 Å². The molecule has 1 aromatic carbocycles. The fourth-order valence-corrected chi connectivity index (χ4v) is 4.38. The van der Waals surface area contributed by atoms with E-state index >= 15 is 0 Å². The molecule has 1 heterocycles. The minimum absolute atomic E-state index is 0.220. The largest absolute Gasteiger partial charge is 0.494 e. The van der Waals surface area contributed by atoms with Crippen LogP contribution in [0, 0.1) is 0 Å². The summed E-state index contributed by atoms with van der Waals surface area (Å²) in [4.78, 5) is 0. The average Bonchev–Trinajstić information content (AvgIpc) is 3.22. The van der Waals surface area contributed by atoms with Crippen LogP contribution in [-0.4, -0.2) is 14.8 Å². The number of aromatic hydroxyl groups is 2. The number of nitrogens with zero attached hydrogens (tertiary/aromatic N) is 1. The van der Waals surface area contributed by atoms with Crippen LogP contribution in [0.4, 0.5) is 0 Å². The first-order valence-corrected chi connectivity index (χ1v) is 7.71. The first kappa shape index (κ1) is 11.5. The first-order chi connectivity index (χ1) is 10.2. The van der Waals surface area contributed by atoms with Crippen LogP contribution in [0.3, 0.4) is 0 Å². The highest BCUT2D eigenvalue weighted by atomic mass is 16.3. The molecule has 0 unspecified atom stereocenters. The van der Waals surface area contributed by atoms with Crippen LogP contribution in [0.5, 0.6) is 11.8 Å². The number of hydrogen-bond acceptors (Lipinski definition) is 2. The molecule has 5 rings (SSSR count). The van der Waals surface area contributed by atoms with Crippen LogP contribution in [0.15, 0.2) is 30.4 Å². The molecule has 0 fully saturated rings. The van der Waals surface area contributed by atoms with Crippen molar-refractivity contribution in [3.63, 3.8) is 0 Å². The van der Waals surface area contributed by atoms with E-state index in [1.165, 1.54) is 17.5 Å². The lowest BCUT2D eigenvalue weighted by Gasteiger charge is -2.11. The number of aromatic nitrogens is 1. The molecule has 0 amide bonds. The van der Waals surface area contributed by atoms with Crippen LogP contribution < -0.4 is 0 Å². The van der Waals surface area contributed by atoms with Crippen molar-refractivity contribution < 1.29 is 10.2 Å². The molecule has 2 atom stereocenters. The fraction of sp³-hybridized carbons (Fsp3) is 0.333. The molecule has 2 N–H and O–H groups in total. The summed E-state index contributed by atoms with van der Waals surface area (Å²) in [7, 11) is 0. The van der Waals surface area contributed by atoms with Crippen LogP contribution in [0.25, 0.3) is 5.69 Å². The summed E-state index contributed by atoms with van der Waals surface area (Å²) in [5, 5.41) is 21.2. The second-order valence-corrected chi connectivity index (χ2v) is 6.45. The van der Waals surface area contributed by atoms with Crippen molar-refractivity contribution >= 4 is 0 Å². The van der Waals surface area contributed by atoms with Crippen molar-refractivity contribution in [2.75, 3.05) is 0 Å². The lowest BCUT2D eigenvalue weighted by molar-refractivity contribution is 0.395. The van der Waals surface area contributed by atoms with Crippen LogP contribution >= 0.6 is 0 Å². The zero-order valence-corrected chi connectivity index (χ0v) is 11.7. The number of allylic oxidation sites excluding steroid dienone is 2. The van der Waals surface area contributed by atoms with Crippen LogP contribution in [0.2, 0.25) is 0 Å². The summed E-state index contributed by atoms with van der Waals surface area (Å²) < 4.78 is 1.62. The van der Waals surface area contributed by atoms with Crippen molar-refractivity contribution in [3.8, 4) is 17.4 Å². The fourth-order valence-electron chi connectivity index (χ4n) is 4.38. The standard InChI is InChI=1S/C18H17NO2/c20-17-15-12-4-5-13(8-12)16(15)18(21)19(17)14-7-6-10-2-1-3-11(10)9-14/h4-7,9,12-13,20-21H,1-3,8H2/t12-,13+. The SMILES string of the molecule is Oc1c2c(c(O)n1-c1ccc3c(c1)CCC3)[C@H]1C=C[C@@H]2C1. The molecule has 0 radical (unpaired) electrons. The van der Waals surface area contributed by atoms with Crippen molar-refractivity contribution in [2.45, 2.75) is 37.5 Å². The number of fused-ring (bicyclic) bond motifs is 6. The number of aryl methyl sites for hydroxylation is 2. The molecular weight excluding hydrogens is 262 g/mol. The summed E-state index contributed by atoms with van der Waals surface area (Å²) in [5.41, 5.74) is 5.49. The van der Waals surface area contributed by atoms with Gasteiger partial charge in [0.15, 0.2) is 0 Å². The molecule has 0 saturated carbocycles. The van der Waals surface area contributed by atoms with Gasteiger partial charge in [-0.3, -0.25) is 4.57 Å². The van der Waals surface area contributed by atoms with Gasteiger partial charge in [-0.25, -0.2) is 0 Å². The molecule has 2 aromatic rings. The quantitative estimate of drug-likeness (QED) is 0.785. The van der Waals surface area contributed by atoms with E-state index in [2.05, 4.69) is 24.3 Å². The zero-order chi connectivity index (χ0) is 14.1. The van der Waals surface area contributed by atoms with E-state index in [1.807, 2.05) is 6.07 Å². The molecule has 106 valence electrons. The van der Waals surface area contributed by atoms with Crippen LogP contribution in [-0.2, 0) is 12.8 Å². The van der Waals surface area contributed by atoms with Crippen molar-refractivity contribution in [3.05, 3.63) is 52.6 Å². The Bertz CT molecular complexity index is 765. The molecule has 3 nitrogen and oxygen atoms in total. The van der Waals surface area contributed by atoms with Crippen molar-refractivity contribution in [1.29, 1.82) is 0 Å². The number of hydrogen-bond donors (Lipinski definition) is 2. The zero-order valence-electron chi connectivity index (χ0n) is 11.7. The van der Waals surface area contributed by atoms with Gasteiger partial charge in [0, 0.05) is 23.0 Å². The lowest BCUT2D eigenvalue weighted by Crippen LogP contribution is -1.97. The maximum absolute atomic E-state index is 10.6. The second kappa shape index (κ2) is 3.73. The van der Waals surface area contributed by atoms with E-state index in [9.17, 15) is 10.2 Å². The summed E-state index contributed by atoms with van der Waals surface area (Å²) in [5.74, 6) is 0.979. The van der Waals surface area contributed by atoms with E-state index in [4.69, 9.17) is 0 Å². The molecule has 3 aliphatic carbocycles. The molecule has 0 spiro atoms. The molecule has 0 aliphatic heterocycles. The summed E-state index contributed by atoms with van der Waals surface area (Å²) in [6.45, 7) is 0. The molecule has 1 aromatic heterocycles.